The second-order valence-corrected chi connectivity index (χ2v) is 3.07. The number of primary amides is 1. The van der Waals surface area contributed by atoms with E-state index in [1.165, 1.54) is 4.68 Å². The van der Waals surface area contributed by atoms with Gasteiger partial charge in [-0.05, 0) is 18.2 Å². The van der Waals surface area contributed by atoms with Crippen LogP contribution in [0.15, 0.2) is 36.5 Å². The minimum absolute atomic E-state index is 0.221. The van der Waals surface area contributed by atoms with Gasteiger partial charge in [-0.1, -0.05) is 12.1 Å². The van der Waals surface area contributed by atoms with Crippen molar-refractivity contribution >= 4 is 11.6 Å². The zero-order chi connectivity index (χ0) is 10.8. The van der Waals surface area contributed by atoms with E-state index in [0.717, 1.165) is 5.69 Å². The van der Waals surface area contributed by atoms with Crippen molar-refractivity contribution in [3.63, 3.8) is 0 Å². The highest BCUT2D eigenvalue weighted by atomic mass is 16.1. The Hall–Kier alpha value is -2.30. The first kappa shape index (κ1) is 9.26. The number of aromatic nitrogens is 2. The number of nitrogens with zero attached hydrogens (tertiary/aromatic N) is 2. The maximum absolute atomic E-state index is 10.8. The minimum atomic E-state index is -0.553. The predicted octanol–water partition coefficient (Wildman–Crippen LogP) is 0.553. The highest BCUT2D eigenvalue weighted by Gasteiger charge is 2.06. The Balaban J connectivity index is 2.46. The molecular formula is C10H10N4O. The summed E-state index contributed by atoms with van der Waals surface area (Å²) in [7, 11) is 0. The van der Waals surface area contributed by atoms with Crippen molar-refractivity contribution in [1.82, 2.24) is 9.78 Å². The normalized spacial score (nSPS) is 10.1. The van der Waals surface area contributed by atoms with Crippen LogP contribution >= 0.6 is 0 Å². The Labute approximate surface area is 86.3 Å². The summed E-state index contributed by atoms with van der Waals surface area (Å²) in [5.74, 6) is -0.553. The van der Waals surface area contributed by atoms with Crippen molar-refractivity contribution in [2.45, 2.75) is 0 Å². The van der Waals surface area contributed by atoms with Gasteiger partial charge in [0.1, 0.15) is 5.69 Å². The summed E-state index contributed by atoms with van der Waals surface area (Å²) in [6.45, 7) is 0. The first-order chi connectivity index (χ1) is 7.18. The van der Waals surface area contributed by atoms with E-state index in [9.17, 15) is 4.79 Å². The predicted molar refractivity (Wildman–Crippen MR) is 56.5 cm³/mol. The van der Waals surface area contributed by atoms with Crippen LogP contribution in [-0.4, -0.2) is 15.7 Å². The number of anilines is 1. The number of hydrogen-bond donors (Lipinski definition) is 2. The van der Waals surface area contributed by atoms with E-state index in [0.29, 0.717) is 5.69 Å². The van der Waals surface area contributed by atoms with E-state index in [1.807, 2.05) is 18.2 Å². The van der Waals surface area contributed by atoms with Gasteiger partial charge in [-0.25, -0.2) is 4.68 Å². The molecule has 0 radical (unpaired) electrons. The maximum atomic E-state index is 10.8. The second kappa shape index (κ2) is 3.45. The third kappa shape index (κ3) is 1.67. The van der Waals surface area contributed by atoms with Gasteiger partial charge in [-0.3, -0.25) is 4.79 Å². The molecule has 0 fully saturated rings. The summed E-state index contributed by atoms with van der Waals surface area (Å²) in [5.41, 5.74) is 12.4. The van der Waals surface area contributed by atoms with Crippen LogP contribution in [0.4, 0.5) is 5.69 Å². The Morgan fingerprint density at radius 1 is 1.27 bits per heavy atom. The Kier molecular flexibility index (Phi) is 2.13. The van der Waals surface area contributed by atoms with Crippen LogP contribution in [0.2, 0.25) is 0 Å². The fraction of sp³-hybridized carbons (Fsp3) is 0. The maximum Gasteiger partial charge on any atom is 0.269 e. The minimum Gasteiger partial charge on any atom is -0.397 e. The van der Waals surface area contributed by atoms with Crippen molar-refractivity contribution < 1.29 is 4.79 Å². The molecule has 5 nitrogen and oxygen atoms in total. The molecule has 0 aliphatic rings. The molecule has 15 heavy (non-hydrogen) atoms. The molecule has 0 spiro atoms. The highest BCUT2D eigenvalue weighted by molar-refractivity contribution is 5.90. The van der Waals surface area contributed by atoms with Gasteiger partial charge in [-0.2, -0.15) is 5.10 Å². The first-order valence-corrected chi connectivity index (χ1v) is 4.39. The third-order valence-electron chi connectivity index (χ3n) is 2.03. The molecule has 1 aromatic carbocycles. The number of amides is 1. The molecule has 0 saturated heterocycles. The van der Waals surface area contributed by atoms with Crippen molar-refractivity contribution in [2.75, 3.05) is 5.73 Å². The molecule has 2 aromatic rings. The molecule has 0 atom stereocenters. The number of nitrogens with two attached hydrogens (primary N) is 2. The Morgan fingerprint density at radius 2 is 2.00 bits per heavy atom. The summed E-state index contributed by atoms with van der Waals surface area (Å²) in [6, 6.07) is 8.80. The fourth-order valence-corrected chi connectivity index (χ4v) is 1.29. The van der Waals surface area contributed by atoms with E-state index >= 15 is 0 Å². The summed E-state index contributed by atoms with van der Waals surface area (Å²) in [5, 5.41) is 4.00. The molecule has 0 unspecified atom stereocenters. The van der Waals surface area contributed by atoms with Crippen LogP contribution in [0.25, 0.3) is 5.69 Å². The van der Waals surface area contributed by atoms with Crippen LogP contribution in [0, 0.1) is 0 Å². The quantitative estimate of drug-likeness (QED) is 0.697. The molecule has 0 bridgehead atoms. The fourth-order valence-electron chi connectivity index (χ4n) is 1.29. The van der Waals surface area contributed by atoms with Crippen LogP contribution in [-0.2, 0) is 0 Å². The third-order valence-corrected chi connectivity index (χ3v) is 2.03. The molecule has 5 heteroatoms. The molecule has 4 N–H and O–H groups in total. The zero-order valence-electron chi connectivity index (χ0n) is 7.92. The molecule has 1 amide bonds. The Bertz CT molecular complexity index is 504. The second-order valence-electron chi connectivity index (χ2n) is 3.07. The van der Waals surface area contributed by atoms with Gasteiger partial charge in [0.05, 0.1) is 11.4 Å². The van der Waals surface area contributed by atoms with Gasteiger partial charge in [0, 0.05) is 6.20 Å². The van der Waals surface area contributed by atoms with Crippen molar-refractivity contribution in [3.8, 4) is 5.69 Å². The van der Waals surface area contributed by atoms with E-state index < -0.39 is 5.91 Å². The zero-order valence-corrected chi connectivity index (χ0v) is 7.92. The van der Waals surface area contributed by atoms with Gasteiger partial charge in [0.2, 0.25) is 0 Å². The van der Waals surface area contributed by atoms with Gasteiger partial charge < -0.3 is 11.5 Å². The van der Waals surface area contributed by atoms with Gasteiger partial charge >= 0.3 is 0 Å². The molecule has 0 aliphatic carbocycles. The average Bonchev–Trinajstić information content (AvgIpc) is 2.67. The summed E-state index contributed by atoms with van der Waals surface area (Å²) in [6.07, 6.45) is 1.64. The number of benzene rings is 1. The van der Waals surface area contributed by atoms with Gasteiger partial charge in [-0.15, -0.1) is 0 Å². The smallest absolute Gasteiger partial charge is 0.269 e. The number of carbonyl (C=O) groups excluding carboxylic acids is 1. The summed E-state index contributed by atoms with van der Waals surface area (Å²) >= 11 is 0. The lowest BCUT2D eigenvalue weighted by Crippen LogP contribution is -2.12. The van der Waals surface area contributed by atoms with E-state index in [2.05, 4.69) is 5.10 Å². The lowest BCUT2D eigenvalue weighted by Gasteiger charge is -2.03. The first-order valence-electron chi connectivity index (χ1n) is 4.39. The van der Waals surface area contributed by atoms with E-state index in [4.69, 9.17) is 11.5 Å². The van der Waals surface area contributed by atoms with Crippen LogP contribution in [0.5, 0.6) is 0 Å². The van der Waals surface area contributed by atoms with Gasteiger partial charge in [0.25, 0.3) is 5.91 Å². The monoisotopic (exact) mass is 202 g/mol. The number of rotatable bonds is 2. The van der Waals surface area contributed by atoms with E-state index in [-0.39, 0.29) is 5.69 Å². The summed E-state index contributed by atoms with van der Waals surface area (Å²) in [4.78, 5) is 10.8. The molecule has 1 heterocycles. The molecule has 0 saturated carbocycles. The lowest BCUT2D eigenvalue weighted by molar-refractivity contribution is 0.0995. The summed E-state index contributed by atoms with van der Waals surface area (Å²) < 4.78 is 1.52. The van der Waals surface area contributed by atoms with Crippen LogP contribution in [0.1, 0.15) is 10.5 Å². The lowest BCUT2D eigenvalue weighted by atomic mass is 10.3. The number of carbonyl (C=O) groups is 1. The topological polar surface area (TPSA) is 86.9 Å². The standard InChI is InChI=1S/C10H10N4O/c11-7-3-1-2-4-9(7)14-6-5-8(13-14)10(12)15/h1-6H,11H2,(H2,12,15). The van der Waals surface area contributed by atoms with Gasteiger partial charge in [0.15, 0.2) is 0 Å². The SMILES string of the molecule is NC(=O)c1ccn(-c2ccccc2N)n1. The number of hydrogen-bond acceptors (Lipinski definition) is 3. The largest absolute Gasteiger partial charge is 0.397 e. The molecule has 1 aromatic heterocycles. The van der Waals surface area contributed by atoms with Crippen molar-refractivity contribution in [2.24, 2.45) is 5.73 Å². The van der Waals surface area contributed by atoms with Crippen molar-refractivity contribution in [3.05, 3.63) is 42.2 Å². The number of para-hydroxylation sites is 2. The average molecular weight is 202 g/mol. The highest BCUT2D eigenvalue weighted by Crippen LogP contribution is 2.15. The molecular weight excluding hydrogens is 192 g/mol. The van der Waals surface area contributed by atoms with E-state index in [1.54, 1.807) is 18.3 Å². The van der Waals surface area contributed by atoms with Crippen LogP contribution < -0.4 is 11.5 Å². The molecule has 76 valence electrons. The number of nitrogen functional groups attached to an aromatic ring is 1. The Morgan fingerprint density at radius 3 is 2.60 bits per heavy atom. The molecule has 0 aliphatic heterocycles. The van der Waals surface area contributed by atoms with Crippen molar-refractivity contribution in [1.29, 1.82) is 0 Å². The molecule has 2 rings (SSSR count). The van der Waals surface area contributed by atoms with Crippen LogP contribution in [0.3, 0.4) is 0 Å².